The van der Waals surface area contributed by atoms with Gasteiger partial charge in [0.25, 0.3) is 5.91 Å². The van der Waals surface area contributed by atoms with Gasteiger partial charge in [0.1, 0.15) is 6.54 Å². The largest absolute Gasteiger partial charge is 0.383 e. The van der Waals surface area contributed by atoms with Gasteiger partial charge in [-0.2, -0.15) is 5.10 Å². The molecule has 2 aromatic rings. The number of nitrogens with zero attached hydrogens (tertiary/aromatic N) is 3. The standard InChI is InChI=1S/C28H35N3O3/c1-19-8-11-22(12-9-19)26-17-25(24-13-10-20(2)21(3)16-24)29-31(26)27(32)18-30(14-15-34-4)28(33)23-6-5-7-23/h8-13,16,23,26H,5-7,14-15,17-18H2,1-4H3/t26-/m0/s1. The molecule has 34 heavy (non-hydrogen) atoms. The zero-order valence-corrected chi connectivity index (χ0v) is 20.7. The average Bonchev–Trinajstić information content (AvgIpc) is 3.23. The molecular weight excluding hydrogens is 426 g/mol. The van der Waals surface area contributed by atoms with E-state index in [9.17, 15) is 9.59 Å². The molecule has 1 aliphatic carbocycles. The minimum absolute atomic E-state index is 0.0186. The summed E-state index contributed by atoms with van der Waals surface area (Å²) in [5, 5.41) is 6.41. The van der Waals surface area contributed by atoms with Gasteiger partial charge in [0, 0.05) is 26.0 Å². The first-order chi connectivity index (χ1) is 16.4. The van der Waals surface area contributed by atoms with Gasteiger partial charge >= 0.3 is 0 Å². The van der Waals surface area contributed by atoms with E-state index in [2.05, 4.69) is 63.2 Å². The van der Waals surface area contributed by atoms with Crippen molar-refractivity contribution in [2.45, 2.75) is 52.5 Å². The van der Waals surface area contributed by atoms with Crippen molar-refractivity contribution in [3.63, 3.8) is 0 Å². The minimum atomic E-state index is -0.187. The van der Waals surface area contributed by atoms with Crippen molar-refractivity contribution in [3.8, 4) is 0 Å². The molecule has 1 saturated carbocycles. The molecule has 180 valence electrons. The van der Waals surface area contributed by atoms with Crippen LogP contribution >= 0.6 is 0 Å². The van der Waals surface area contributed by atoms with E-state index in [1.54, 1.807) is 17.0 Å². The third kappa shape index (κ3) is 5.22. The Bertz CT molecular complexity index is 1070. The van der Waals surface area contributed by atoms with Gasteiger partial charge in [-0.25, -0.2) is 5.01 Å². The third-order valence-electron chi connectivity index (χ3n) is 7.13. The second-order valence-corrected chi connectivity index (χ2v) is 9.60. The summed E-state index contributed by atoms with van der Waals surface area (Å²) in [4.78, 5) is 28.2. The first-order valence-electron chi connectivity index (χ1n) is 12.2. The number of ether oxygens (including phenoxy) is 1. The fourth-order valence-corrected chi connectivity index (χ4v) is 4.50. The Morgan fingerprint density at radius 3 is 2.41 bits per heavy atom. The van der Waals surface area contributed by atoms with Crippen LogP contribution < -0.4 is 0 Å². The molecule has 2 aliphatic rings. The zero-order valence-electron chi connectivity index (χ0n) is 20.7. The second kappa shape index (κ2) is 10.5. The molecule has 1 aliphatic heterocycles. The van der Waals surface area contributed by atoms with Crippen LogP contribution in [0.4, 0.5) is 0 Å². The van der Waals surface area contributed by atoms with E-state index in [4.69, 9.17) is 9.84 Å². The van der Waals surface area contributed by atoms with Crippen molar-refractivity contribution in [2.24, 2.45) is 11.0 Å². The molecule has 2 aromatic carbocycles. The van der Waals surface area contributed by atoms with Crippen molar-refractivity contribution in [2.75, 3.05) is 26.8 Å². The molecule has 1 fully saturated rings. The number of carbonyl (C=O) groups is 2. The Kier molecular flexibility index (Phi) is 7.47. The maximum atomic E-state index is 13.6. The maximum Gasteiger partial charge on any atom is 0.262 e. The van der Waals surface area contributed by atoms with Crippen LogP contribution in [0.25, 0.3) is 0 Å². The van der Waals surface area contributed by atoms with Crippen LogP contribution in [-0.4, -0.2) is 54.2 Å². The molecule has 0 saturated heterocycles. The van der Waals surface area contributed by atoms with E-state index < -0.39 is 0 Å². The number of methoxy groups -OCH3 is 1. The lowest BCUT2D eigenvalue weighted by molar-refractivity contribution is -0.146. The van der Waals surface area contributed by atoms with Gasteiger partial charge in [0.05, 0.1) is 18.4 Å². The number of benzene rings is 2. The quantitative estimate of drug-likeness (QED) is 0.579. The number of amides is 2. The summed E-state index contributed by atoms with van der Waals surface area (Å²) in [6.45, 7) is 7.07. The minimum Gasteiger partial charge on any atom is -0.383 e. The molecule has 2 amide bonds. The first-order valence-corrected chi connectivity index (χ1v) is 12.2. The van der Waals surface area contributed by atoms with Crippen LogP contribution in [0.1, 0.15) is 59.5 Å². The number of rotatable bonds is 8. The molecule has 1 heterocycles. The van der Waals surface area contributed by atoms with Gasteiger partial charge in [-0.15, -0.1) is 0 Å². The molecule has 6 heteroatoms. The topological polar surface area (TPSA) is 62.2 Å². The van der Waals surface area contributed by atoms with Crippen molar-refractivity contribution in [1.29, 1.82) is 0 Å². The summed E-state index contributed by atoms with van der Waals surface area (Å²) >= 11 is 0. The molecule has 0 unspecified atom stereocenters. The SMILES string of the molecule is COCCN(CC(=O)N1N=C(c2ccc(C)c(C)c2)C[C@H]1c1ccc(C)cc1)C(=O)C1CCC1. The number of hydrogen-bond donors (Lipinski definition) is 0. The van der Waals surface area contributed by atoms with Crippen LogP contribution in [0, 0.1) is 26.7 Å². The smallest absolute Gasteiger partial charge is 0.262 e. The summed E-state index contributed by atoms with van der Waals surface area (Å²) in [6.07, 6.45) is 3.53. The van der Waals surface area contributed by atoms with E-state index in [0.29, 0.717) is 19.6 Å². The number of hydrogen-bond acceptors (Lipinski definition) is 4. The van der Waals surface area contributed by atoms with E-state index >= 15 is 0 Å². The van der Waals surface area contributed by atoms with Gasteiger partial charge in [0.2, 0.25) is 5.91 Å². The lowest BCUT2D eigenvalue weighted by atomic mass is 9.84. The Hall–Kier alpha value is -2.99. The molecule has 0 N–H and O–H groups in total. The molecule has 4 rings (SSSR count). The van der Waals surface area contributed by atoms with Gasteiger partial charge in [-0.05, 0) is 61.9 Å². The van der Waals surface area contributed by atoms with Crippen molar-refractivity contribution < 1.29 is 14.3 Å². The number of carbonyl (C=O) groups excluding carboxylic acids is 2. The fraction of sp³-hybridized carbons (Fsp3) is 0.464. The molecule has 0 bridgehead atoms. The lowest BCUT2D eigenvalue weighted by Gasteiger charge is -2.32. The Morgan fingerprint density at radius 1 is 1.06 bits per heavy atom. The van der Waals surface area contributed by atoms with Crippen LogP contribution in [0.5, 0.6) is 0 Å². The molecule has 0 aromatic heterocycles. The molecule has 1 atom stereocenters. The van der Waals surface area contributed by atoms with E-state index in [1.807, 2.05) is 0 Å². The highest BCUT2D eigenvalue weighted by Crippen LogP contribution is 2.34. The summed E-state index contributed by atoms with van der Waals surface area (Å²) in [5.41, 5.74) is 6.59. The predicted molar refractivity (Wildman–Crippen MR) is 134 cm³/mol. The molecule has 6 nitrogen and oxygen atoms in total. The van der Waals surface area contributed by atoms with Gasteiger partial charge in [0.15, 0.2) is 0 Å². The second-order valence-electron chi connectivity index (χ2n) is 9.60. The van der Waals surface area contributed by atoms with Gasteiger partial charge in [-0.1, -0.05) is 48.4 Å². The first kappa shape index (κ1) is 24.1. The summed E-state index contributed by atoms with van der Waals surface area (Å²) in [5.74, 6) is -0.0694. The van der Waals surface area contributed by atoms with Crippen LogP contribution in [0.15, 0.2) is 47.6 Å². The zero-order chi connectivity index (χ0) is 24.2. The lowest BCUT2D eigenvalue weighted by Crippen LogP contribution is -2.46. The monoisotopic (exact) mass is 461 g/mol. The highest BCUT2D eigenvalue weighted by Gasteiger charge is 2.36. The molecular formula is C28H35N3O3. The summed E-state index contributed by atoms with van der Waals surface area (Å²) < 4.78 is 5.21. The molecule has 0 radical (unpaired) electrons. The van der Waals surface area contributed by atoms with E-state index in [1.165, 1.54) is 16.7 Å². The normalized spacial score (nSPS) is 17.9. The van der Waals surface area contributed by atoms with Gasteiger partial charge in [-0.3, -0.25) is 9.59 Å². The Labute approximate surface area is 202 Å². The molecule has 0 spiro atoms. The number of hydrazone groups is 1. The predicted octanol–water partition coefficient (Wildman–Crippen LogP) is 4.56. The summed E-state index contributed by atoms with van der Waals surface area (Å²) in [7, 11) is 1.61. The van der Waals surface area contributed by atoms with Crippen molar-refractivity contribution in [1.82, 2.24) is 9.91 Å². The maximum absolute atomic E-state index is 13.6. The summed E-state index contributed by atoms with van der Waals surface area (Å²) in [6, 6.07) is 14.4. The van der Waals surface area contributed by atoms with Crippen molar-refractivity contribution >= 4 is 17.5 Å². The van der Waals surface area contributed by atoms with E-state index in [0.717, 1.165) is 36.1 Å². The van der Waals surface area contributed by atoms with Crippen LogP contribution in [0.2, 0.25) is 0 Å². The van der Waals surface area contributed by atoms with Crippen LogP contribution in [0.3, 0.4) is 0 Å². The Balaban J connectivity index is 1.61. The average molecular weight is 462 g/mol. The Morgan fingerprint density at radius 2 is 1.79 bits per heavy atom. The van der Waals surface area contributed by atoms with Gasteiger partial charge < -0.3 is 9.64 Å². The third-order valence-corrected chi connectivity index (χ3v) is 7.13. The highest BCUT2D eigenvalue weighted by atomic mass is 16.5. The number of aryl methyl sites for hydroxylation is 3. The fourth-order valence-electron chi connectivity index (χ4n) is 4.50. The van der Waals surface area contributed by atoms with E-state index in [-0.39, 0.29) is 30.3 Å². The highest BCUT2D eigenvalue weighted by molar-refractivity contribution is 6.03. The van der Waals surface area contributed by atoms with Crippen molar-refractivity contribution in [3.05, 3.63) is 70.3 Å². The van der Waals surface area contributed by atoms with Crippen LogP contribution in [-0.2, 0) is 14.3 Å².